The molecule has 88 valence electrons. The van der Waals surface area contributed by atoms with Crippen molar-refractivity contribution in [2.45, 2.75) is 40.0 Å². The molecule has 0 spiro atoms. The van der Waals surface area contributed by atoms with E-state index in [-0.39, 0.29) is 17.3 Å². The minimum atomic E-state index is -0.672. The Morgan fingerprint density at radius 1 is 1.44 bits per heavy atom. The lowest BCUT2D eigenvalue weighted by atomic mass is 9.73. The molecule has 1 aliphatic rings. The van der Waals surface area contributed by atoms with Crippen molar-refractivity contribution in [1.82, 2.24) is 0 Å². The summed E-state index contributed by atoms with van der Waals surface area (Å²) in [6.07, 6.45) is 6.46. The molecular weight excluding hydrogens is 200 g/mol. The average Bonchev–Trinajstić information content (AvgIpc) is 2.17. The average molecular weight is 220 g/mol. The van der Waals surface area contributed by atoms with E-state index in [0.29, 0.717) is 6.42 Å². The van der Waals surface area contributed by atoms with Crippen LogP contribution in [0.2, 0.25) is 0 Å². The zero-order valence-corrected chi connectivity index (χ0v) is 10.3. The van der Waals surface area contributed by atoms with Gasteiger partial charge in [0.25, 0.3) is 0 Å². The van der Waals surface area contributed by atoms with Crippen molar-refractivity contribution in [3.8, 4) is 11.8 Å². The van der Waals surface area contributed by atoms with Crippen molar-refractivity contribution in [2.24, 2.45) is 17.3 Å². The summed E-state index contributed by atoms with van der Waals surface area (Å²) in [6, 6.07) is 0. The molecule has 2 nitrogen and oxygen atoms in total. The molecule has 16 heavy (non-hydrogen) atoms. The first-order valence-corrected chi connectivity index (χ1v) is 5.78. The molecule has 2 atom stereocenters. The first-order valence-electron chi connectivity index (χ1n) is 5.78. The van der Waals surface area contributed by atoms with Crippen LogP contribution in [0.25, 0.3) is 0 Å². The number of allylic oxidation sites excluding steroid dienone is 2. The van der Waals surface area contributed by atoms with E-state index in [0.717, 1.165) is 12.8 Å². The van der Waals surface area contributed by atoms with Gasteiger partial charge >= 0.3 is 5.97 Å². The van der Waals surface area contributed by atoms with E-state index in [1.807, 2.05) is 13.0 Å². The van der Waals surface area contributed by atoms with Crippen LogP contribution in [0.3, 0.4) is 0 Å². The first-order chi connectivity index (χ1) is 7.46. The SMILES string of the molecule is CC#CC(C)(C)CC1CC=CCC1C(=O)O. The standard InChI is InChI=1S/C14H20O2/c1-4-9-14(2,3)10-11-7-5-6-8-12(11)13(15)16/h5-6,11-12H,7-8,10H2,1-3H3,(H,15,16). The van der Waals surface area contributed by atoms with E-state index in [2.05, 4.69) is 31.8 Å². The second kappa shape index (κ2) is 5.21. The van der Waals surface area contributed by atoms with Crippen LogP contribution >= 0.6 is 0 Å². The molecule has 0 aromatic carbocycles. The van der Waals surface area contributed by atoms with Gasteiger partial charge in [0.1, 0.15) is 0 Å². The number of hydrogen-bond acceptors (Lipinski definition) is 1. The molecule has 0 saturated carbocycles. The maximum atomic E-state index is 11.1. The summed E-state index contributed by atoms with van der Waals surface area (Å²) >= 11 is 0. The number of carbonyl (C=O) groups is 1. The quantitative estimate of drug-likeness (QED) is 0.586. The molecule has 2 unspecified atom stereocenters. The summed E-state index contributed by atoms with van der Waals surface area (Å²) < 4.78 is 0. The van der Waals surface area contributed by atoms with Crippen LogP contribution in [0.1, 0.15) is 40.0 Å². The van der Waals surface area contributed by atoms with E-state index < -0.39 is 5.97 Å². The lowest BCUT2D eigenvalue weighted by Gasteiger charge is -2.30. The van der Waals surface area contributed by atoms with Crippen molar-refractivity contribution in [2.75, 3.05) is 0 Å². The Balaban J connectivity index is 2.73. The summed E-state index contributed by atoms with van der Waals surface area (Å²) in [5, 5.41) is 9.17. The molecule has 0 saturated heterocycles. The van der Waals surface area contributed by atoms with Gasteiger partial charge in [-0.1, -0.05) is 18.1 Å². The summed E-state index contributed by atoms with van der Waals surface area (Å²) in [5.74, 6) is 5.40. The zero-order valence-electron chi connectivity index (χ0n) is 10.3. The van der Waals surface area contributed by atoms with Crippen LogP contribution < -0.4 is 0 Å². The molecule has 1 N–H and O–H groups in total. The normalized spacial score (nSPS) is 24.7. The van der Waals surface area contributed by atoms with Crippen molar-refractivity contribution in [3.05, 3.63) is 12.2 Å². The van der Waals surface area contributed by atoms with Gasteiger partial charge in [0.2, 0.25) is 0 Å². The summed E-state index contributed by atoms with van der Waals surface area (Å²) in [4.78, 5) is 11.1. The predicted molar refractivity (Wildman–Crippen MR) is 64.8 cm³/mol. The van der Waals surface area contributed by atoms with Gasteiger partial charge in [-0.3, -0.25) is 4.79 Å². The van der Waals surface area contributed by atoms with Gasteiger partial charge in [-0.25, -0.2) is 0 Å². The van der Waals surface area contributed by atoms with Crippen molar-refractivity contribution in [3.63, 3.8) is 0 Å². The molecule has 0 amide bonds. The lowest BCUT2D eigenvalue weighted by molar-refractivity contribution is -0.144. The highest BCUT2D eigenvalue weighted by Crippen LogP contribution is 2.35. The molecule has 0 aliphatic heterocycles. The Morgan fingerprint density at radius 3 is 2.62 bits per heavy atom. The van der Waals surface area contributed by atoms with Crippen LogP contribution in [0.15, 0.2) is 12.2 Å². The van der Waals surface area contributed by atoms with Crippen LogP contribution in [0, 0.1) is 29.1 Å². The minimum Gasteiger partial charge on any atom is -0.481 e. The zero-order chi connectivity index (χ0) is 12.2. The van der Waals surface area contributed by atoms with Gasteiger partial charge in [-0.05, 0) is 46.0 Å². The summed E-state index contributed by atoms with van der Waals surface area (Å²) in [6.45, 7) is 6.00. The topological polar surface area (TPSA) is 37.3 Å². The van der Waals surface area contributed by atoms with Gasteiger partial charge in [0.05, 0.1) is 5.92 Å². The number of hydrogen-bond donors (Lipinski definition) is 1. The second-order valence-corrected chi connectivity index (χ2v) is 5.11. The fraction of sp³-hybridized carbons (Fsp3) is 0.643. The third-order valence-electron chi connectivity index (χ3n) is 3.12. The Kier molecular flexibility index (Phi) is 4.18. The number of rotatable bonds is 3. The van der Waals surface area contributed by atoms with Gasteiger partial charge < -0.3 is 5.11 Å². The summed E-state index contributed by atoms with van der Waals surface area (Å²) in [5.41, 5.74) is -0.0850. The predicted octanol–water partition coefficient (Wildman–Crippen LogP) is 3.09. The van der Waals surface area contributed by atoms with Crippen molar-refractivity contribution >= 4 is 5.97 Å². The Bertz CT molecular complexity index is 341. The molecule has 1 aliphatic carbocycles. The Hall–Kier alpha value is -1.23. The molecule has 0 fully saturated rings. The highest BCUT2D eigenvalue weighted by molar-refractivity contribution is 5.70. The lowest BCUT2D eigenvalue weighted by Crippen LogP contribution is -2.28. The molecule has 0 heterocycles. The molecule has 1 rings (SSSR count). The van der Waals surface area contributed by atoms with Gasteiger partial charge in [0.15, 0.2) is 0 Å². The maximum absolute atomic E-state index is 11.1. The fourth-order valence-electron chi connectivity index (χ4n) is 2.44. The highest BCUT2D eigenvalue weighted by Gasteiger charge is 2.32. The molecule has 0 radical (unpaired) electrons. The second-order valence-electron chi connectivity index (χ2n) is 5.11. The molecule has 2 heteroatoms. The largest absolute Gasteiger partial charge is 0.481 e. The van der Waals surface area contributed by atoms with Crippen LogP contribution in [-0.4, -0.2) is 11.1 Å². The van der Waals surface area contributed by atoms with E-state index in [4.69, 9.17) is 5.11 Å². The van der Waals surface area contributed by atoms with Crippen molar-refractivity contribution < 1.29 is 9.90 Å². The molecule has 0 bridgehead atoms. The van der Waals surface area contributed by atoms with E-state index >= 15 is 0 Å². The van der Waals surface area contributed by atoms with E-state index in [1.165, 1.54) is 0 Å². The third kappa shape index (κ3) is 3.41. The Labute approximate surface area is 97.7 Å². The van der Waals surface area contributed by atoms with Gasteiger partial charge in [0, 0.05) is 5.41 Å². The van der Waals surface area contributed by atoms with Gasteiger partial charge in [-0.2, -0.15) is 0 Å². The van der Waals surface area contributed by atoms with Crippen LogP contribution in [-0.2, 0) is 4.79 Å². The molecule has 0 aromatic rings. The number of aliphatic carboxylic acids is 1. The van der Waals surface area contributed by atoms with Gasteiger partial charge in [-0.15, -0.1) is 5.92 Å². The minimum absolute atomic E-state index is 0.0850. The fourth-order valence-corrected chi connectivity index (χ4v) is 2.44. The van der Waals surface area contributed by atoms with Crippen molar-refractivity contribution in [1.29, 1.82) is 0 Å². The van der Waals surface area contributed by atoms with E-state index in [9.17, 15) is 4.79 Å². The molecule has 0 aromatic heterocycles. The molecular formula is C14H20O2. The first kappa shape index (κ1) is 12.8. The maximum Gasteiger partial charge on any atom is 0.307 e. The monoisotopic (exact) mass is 220 g/mol. The van der Waals surface area contributed by atoms with Crippen LogP contribution in [0.5, 0.6) is 0 Å². The summed E-state index contributed by atoms with van der Waals surface area (Å²) in [7, 11) is 0. The van der Waals surface area contributed by atoms with E-state index in [1.54, 1.807) is 0 Å². The number of carboxylic acids is 1. The number of carboxylic acid groups (broad SMARTS) is 1. The third-order valence-corrected chi connectivity index (χ3v) is 3.12. The Morgan fingerprint density at radius 2 is 2.06 bits per heavy atom. The highest BCUT2D eigenvalue weighted by atomic mass is 16.4. The smallest absolute Gasteiger partial charge is 0.307 e. The van der Waals surface area contributed by atoms with Crippen LogP contribution in [0.4, 0.5) is 0 Å².